The zero-order valence-corrected chi connectivity index (χ0v) is 11.3. The zero-order chi connectivity index (χ0) is 14.8. The second kappa shape index (κ2) is 5.20. The summed E-state index contributed by atoms with van der Waals surface area (Å²) in [6.45, 7) is 0.380. The standard InChI is InChI=1S/C14H13N5O2/c1-19-8-17-18-12(19)7-16-13-9-4-2-3-5-11(9)15-6-10(13)14(20)21/h2-6,8H,7H2,1H3,(H,15,16)(H,20,21). The first-order valence-electron chi connectivity index (χ1n) is 6.34. The van der Waals surface area contributed by atoms with E-state index >= 15 is 0 Å². The summed E-state index contributed by atoms with van der Waals surface area (Å²) in [5.41, 5.74) is 1.41. The molecule has 0 aliphatic heterocycles. The van der Waals surface area contributed by atoms with E-state index in [4.69, 9.17) is 0 Å². The maximum atomic E-state index is 11.4. The van der Waals surface area contributed by atoms with Crippen molar-refractivity contribution in [1.82, 2.24) is 19.7 Å². The number of carboxylic acid groups (broad SMARTS) is 1. The van der Waals surface area contributed by atoms with Gasteiger partial charge in [0, 0.05) is 18.6 Å². The fraction of sp³-hybridized carbons (Fsp3) is 0.143. The molecule has 0 bridgehead atoms. The van der Waals surface area contributed by atoms with Crippen LogP contribution in [0.1, 0.15) is 16.2 Å². The summed E-state index contributed by atoms with van der Waals surface area (Å²) >= 11 is 0. The number of aromatic carboxylic acids is 1. The third kappa shape index (κ3) is 2.40. The van der Waals surface area contributed by atoms with Gasteiger partial charge in [0.1, 0.15) is 11.9 Å². The number of aryl methyl sites for hydroxylation is 1. The molecule has 106 valence electrons. The van der Waals surface area contributed by atoms with Crippen molar-refractivity contribution < 1.29 is 9.90 Å². The Morgan fingerprint density at radius 1 is 1.38 bits per heavy atom. The predicted molar refractivity (Wildman–Crippen MR) is 77.0 cm³/mol. The van der Waals surface area contributed by atoms with E-state index in [1.54, 1.807) is 10.9 Å². The van der Waals surface area contributed by atoms with Gasteiger partial charge in [-0.05, 0) is 6.07 Å². The molecule has 2 N–H and O–H groups in total. The number of benzene rings is 1. The minimum absolute atomic E-state index is 0.135. The molecular weight excluding hydrogens is 270 g/mol. The number of para-hydroxylation sites is 1. The lowest BCUT2D eigenvalue weighted by Gasteiger charge is -2.12. The van der Waals surface area contributed by atoms with Crippen molar-refractivity contribution in [3.63, 3.8) is 0 Å². The van der Waals surface area contributed by atoms with E-state index in [-0.39, 0.29) is 5.56 Å². The first-order valence-corrected chi connectivity index (χ1v) is 6.34. The molecule has 0 fully saturated rings. The van der Waals surface area contributed by atoms with Gasteiger partial charge in [-0.2, -0.15) is 0 Å². The van der Waals surface area contributed by atoms with E-state index in [0.717, 1.165) is 10.9 Å². The highest BCUT2D eigenvalue weighted by atomic mass is 16.4. The fourth-order valence-corrected chi connectivity index (χ4v) is 2.13. The summed E-state index contributed by atoms with van der Waals surface area (Å²) in [7, 11) is 1.83. The molecule has 0 atom stereocenters. The quantitative estimate of drug-likeness (QED) is 0.756. The molecule has 0 aliphatic carbocycles. The van der Waals surface area contributed by atoms with Crippen molar-refractivity contribution in [3.8, 4) is 0 Å². The Bertz CT molecular complexity index is 812. The van der Waals surface area contributed by atoms with Crippen molar-refractivity contribution >= 4 is 22.6 Å². The summed E-state index contributed by atoms with van der Waals surface area (Å²) in [6, 6.07) is 7.40. The van der Waals surface area contributed by atoms with Gasteiger partial charge in [0.15, 0.2) is 5.82 Å². The van der Waals surface area contributed by atoms with Gasteiger partial charge in [-0.25, -0.2) is 4.79 Å². The van der Waals surface area contributed by atoms with E-state index in [9.17, 15) is 9.90 Å². The summed E-state index contributed by atoms with van der Waals surface area (Å²) in [4.78, 5) is 15.6. The second-order valence-corrected chi connectivity index (χ2v) is 4.58. The monoisotopic (exact) mass is 283 g/mol. The largest absolute Gasteiger partial charge is 0.478 e. The predicted octanol–water partition coefficient (Wildman–Crippen LogP) is 1.67. The molecule has 0 saturated heterocycles. The highest BCUT2D eigenvalue weighted by Gasteiger charge is 2.14. The molecule has 7 heteroatoms. The Hall–Kier alpha value is -2.96. The molecule has 21 heavy (non-hydrogen) atoms. The second-order valence-electron chi connectivity index (χ2n) is 4.58. The van der Waals surface area contributed by atoms with Crippen LogP contribution < -0.4 is 5.32 Å². The van der Waals surface area contributed by atoms with Crippen LogP contribution in [-0.2, 0) is 13.6 Å². The Morgan fingerprint density at radius 3 is 2.90 bits per heavy atom. The molecule has 2 heterocycles. The van der Waals surface area contributed by atoms with Gasteiger partial charge in [-0.1, -0.05) is 18.2 Å². The van der Waals surface area contributed by atoms with Crippen LogP contribution >= 0.6 is 0 Å². The van der Waals surface area contributed by atoms with Gasteiger partial charge in [-0.3, -0.25) is 4.98 Å². The number of aromatic nitrogens is 4. The third-order valence-corrected chi connectivity index (χ3v) is 3.23. The molecule has 7 nitrogen and oxygen atoms in total. The van der Waals surface area contributed by atoms with Crippen molar-refractivity contribution in [2.45, 2.75) is 6.54 Å². The number of rotatable bonds is 4. The molecular formula is C14H13N5O2. The Labute approximate surface area is 120 Å². The molecule has 3 aromatic rings. The molecule has 0 aliphatic rings. The number of carboxylic acids is 1. The Morgan fingerprint density at radius 2 is 2.19 bits per heavy atom. The number of nitrogens with zero attached hydrogens (tertiary/aromatic N) is 4. The van der Waals surface area contributed by atoms with Crippen LogP contribution in [0.4, 0.5) is 5.69 Å². The van der Waals surface area contributed by atoms with Crippen LogP contribution in [-0.4, -0.2) is 30.8 Å². The SMILES string of the molecule is Cn1cnnc1CNc1c(C(=O)O)cnc2ccccc12. The average Bonchev–Trinajstić information content (AvgIpc) is 2.89. The highest BCUT2D eigenvalue weighted by molar-refractivity contribution is 6.04. The first-order chi connectivity index (χ1) is 10.2. The first kappa shape index (κ1) is 13.0. The van der Waals surface area contributed by atoms with Gasteiger partial charge in [0.2, 0.25) is 0 Å². The van der Waals surface area contributed by atoms with Gasteiger partial charge < -0.3 is 15.0 Å². The van der Waals surface area contributed by atoms with E-state index in [1.807, 2.05) is 31.3 Å². The zero-order valence-electron chi connectivity index (χ0n) is 11.3. The molecule has 0 amide bonds. The van der Waals surface area contributed by atoms with E-state index < -0.39 is 5.97 Å². The summed E-state index contributed by atoms with van der Waals surface area (Å²) in [6.07, 6.45) is 2.96. The minimum Gasteiger partial charge on any atom is -0.478 e. The van der Waals surface area contributed by atoms with E-state index in [1.165, 1.54) is 6.20 Å². The van der Waals surface area contributed by atoms with E-state index in [2.05, 4.69) is 20.5 Å². The Kier molecular flexibility index (Phi) is 3.23. The molecule has 2 aromatic heterocycles. The lowest BCUT2D eigenvalue weighted by molar-refractivity contribution is 0.0697. The highest BCUT2D eigenvalue weighted by Crippen LogP contribution is 2.26. The number of carbonyl (C=O) groups is 1. The van der Waals surface area contributed by atoms with Gasteiger partial charge in [-0.15, -0.1) is 10.2 Å². The number of anilines is 1. The number of pyridine rings is 1. The molecule has 0 saturated carbocycles. The van der Waals surface area contributed by atoms with Crippen LogP contribution in [0.2, 0.25) is 0 Å². The maximum absolute atomic E-state index is 11.4. The van der Waals surface area contributed by atoms with Gasteiger partial charge >= 0.3 is 5.97 Å². The summed E-state index contributed by atoms with van der Waals surface area (Å²) in [5, 5.41) is 21.0. The molecule has 3 rings (SSSR count). The maximum Gasteiger partial charge on any atom is 0.339 e. The minimum atomic E-state index is -1.02. The van der Waals surface area contributed by atoms with Crippen LogP contribution in [0.3, 0.4) is 0 Å². The molecule has 0 unspecified atom stereocenters. The molecule has 1 aromatic carbocycles. The lowest BCUT2D eigenvalue weighted by Crippen LogP contribution is -2.10. The topological polar surface area (TPSA) is 92.9 Å². The fourth-order valence-electron chi connectivity index (χ4n) is 2.13. The molecule has 0 radical (unpaired) electrons. The van der Waals surface area contributed by atoms with E-state index in [0.29, 0.717) is 18.1 Å². The van der Waals surface area contributed by atoms with Crippen molar-refractivity contribution in [2.75, 3.05) is 5.32 Å². The van der Waals surface area contributed by atoms with Crippen LogP contribution in [0.15, 0.2) is 36.8 Å². The average molecular weight is 283 g/mol. The Balaban J connectivity index is 2.04. The van der Waals surface area contributed by atoms with Crippen molar-refractivity contribution in [1.29, 1.82) is 0 Å². The number of hydrogen-bond donors (Lipinski definition) is 2. The molecule has 0 spiro atoms. The van der Waals surface area contributed by atoms with Crippen molar-refractivity contribution in [2.24, 2.45) is 7.05 Å². The normalized spacial score (nSPS) is 10.7. The van der Waals surface area contributed by atoms with Gasteiger partial charge in [0.25, 0.3) is 0 Å². The van der Waals surface area contributed by atoms with Crippen LogP contribution in [0.5, 0.6) is 0 Å². The van der Waals surface area contributed by atoms with Gasteiger partial charge in [0.05, 0.1) is 17.7 Å². The number of fused-ring (bicyclic) bond motifs is 1. The smallest absolute Gasteiger partial charge is 0.339 e. The summed E-state index contributed by atoms with van der Waals surface area (Å²) < 4.78 is 1.77. The summed E-state index contributed by atoms with van der Waals surface area (Å²) in [5.74, 6) is -0.305. The van der Waals surface area contributed by atoms with Crippen LogP contribution in [0.25, 0.3) is 10.9 Å². The number of nitrogens with one attached hydrogen (secondary N) is 1. The number of hydrogen-bond acceptors (Lipinski definition) is 5. The lowest BCUT2D eigenvalue weighted by atomic mass is 10.1. The van der Waals surface area contributed by atoms with Crippen molar-refractivity contribution in [3.05, 3.63) is 48.2 Å². The van der Waals surface area contributed by atoms with Crippen LogP contribution in [0, 0.1) is 0 Å². The third-order valence-electron chi connectivity index (χ3n) is 3.23.